The van der Waals surface area contributed by atoms with Crippen LogP contribution in [0.3, 0.4) is 0 Å². The molecule has 3 rings (SSSR count). The maximum absolute atomic E-state index is 12.1. The van der Waals surface area contributed by atoms with Crippen LogP contribution >= 0.6 is 0 Å². The van der Waals surface area contributed by atoms with E-state index in [1.807, 2.05) is 33.8 Å². The largest absolute Gasteiger partial charge is 0.508 e. The average molecular weight is 358 g/mol. The van der Waals surface area contributed by atoms with E-state index in [0.29, 0.717) is 12.4 Å². The second-order valence-electron chi connectivity index (χ2n) is 9.24. The number of carbonyl (C=O) groups excluding carboxylic acids is 1. The second-order valence-corrected chi connectivity index (χ2v) is 9.24. The Balaban J connectivity index is 1.86. The van der Waals surface area contributed by atoms with E-state index in [1.54, 1.807) is 6.07 Å². The lowest BCUT2D eigenvalue weighted by atomic mass is 9.67. The summed E-state index contributed by atoms with van der Waals surface area (Å²) >= 11 is 0. The molecule has 1 aromatic rings. The summed E-state index contributed by atoms with van der Waals surface area (Å²) in [4.78, 5) is 12.1. The van der Waals surface area contributed by atoms with Crippen LogP contribution in [0, 0.1) is 18.3 Å². The van der Waals surface area contributed by atoms with Crippen molar-refractivity contribution in [2.24, 2.45) is 11.3 Å². The Morgan fingerprint density at radius 2 is 2.04 bits per heavy atom. The first kappa shape index (κ1) is 18.8. The molecule has 4 nitrogen and oxygen atoms in total. The SMILES string of the molecule is Cc1cc(O)c2c(c1)OC(C)(C)[C@H]1CC=C(COC(=O)C(C)(C)C)C[C@H]21. The minimum Gasteiger partial charge on any atom is -0.508 e. The molecule has 1 heterocycles. The third kappa shape index (κ3) is 3.46. The molecule has 0 saturated heterocycles. The van der Waals surface area contributed by atoms with Crippen molar-refractivity contribution in [2.75, 3.05) is 6.61 Å². The normalized spacial score (nSPS) is 24.0. The number of aromatic hydroxyl groups is 1. The first-order chi connectivity index (χ1) is 12.0. The van der Waals surface area contributed by atoms with Crippen molar-refractivity contribution in [1.82, 2.24) is 0 Å². The molecule has 0 saturated carbocycles. The van der Waals surface area contributed by atoms with E-state index in [2.05, 4.69) is 19.9 Å². The summed E-state index contributed by atoms with van der Waals surface area (Å²) < 4.78 is 11.8. The van der Waals surface area contributed by atoms with Gasteiger partial charge in [-0.15, -0.1) is 0 Å². The van der Waals surface area contributed by atoms with Gasteiger partial charge in [-0.25, -0.2) is 0 Å². The number of hydrogen-bond donors (Lipinski definition) is 1. The molecule has 0 bridgehead atoms. The summed E-state index contributed by atoms with van der Waals surface area (Å²) in [5, 5.41) is 10.6. The fourth-order valence-corrected chi connectivity index (χ4v) is 4.09. The highest BCUT2D eigenvalue weighted by Crippen LogP contribution is 2.54. The highest BCUT2D eigenvalue weighted by Gasteiger charge is 2.46. The Labute approximate surface area is 156 Å². The molecular formula is C22H30O4. The van der Waals surface area contributed by atoms with Crippen LogP contribution in [0.15, 0.2) is 23.8 Å². The van der Waals surface area contributed by atoms with Gasteiger partial charge in [-0.1, -0.05) is 6.08 Å². The molecule has 2 aliphatic rings. The van der Waals surface area contributed by atoms with Gasteiger partial charge in [0.25, 0.3) is 0 Å². The number of benzene rings is 1. The number of carbonyl (C=O) groups is 1. The van der Waals surface area contributed by atoms with Crippen LogP contribution in [-0.2, 0) is 9.53 Å². The van der Waals surface area contributed by atoms with Crippen LogP contribution in [0.1, 0.15) is 64.5 Å². The third-order valence-corrected chi connectivity index (χ3v) is 5.53. The predicted octanol–water partition coefficient (Wildman–Crippen LogP) is 4.88. The predicted molar refractivity (Wildman–Crippen MR) is 102 cm³/mol. The van der Waals surface area contributed by atoms with Gasteiger partial charge in [0.2, 0.25) is 0 Å². The van der Waals surface area contributed by atoms with Crippen LogP contribution in [0.2, 0.25) is 0 Å². The van der Waals surface area contributed by atoms with Crippen molar-refractivity contribution in [2.45, 2.75) is 65.9 Å². The molecule has 142 valence electrons. The van der Waals surface area contributed by atoms with Gasteiger partial charge in [0.1, 0.15) is 23.7 Å². The summed E-state index contributed by atoms with van der Waals surface area (Å²) in [6.45, 7) is 12.1. The Bertz CT molecular complexity index is 752. The number of phenols is 1. The van der Waals surface area contributed by atoms with E-state index in [4.69, 9.17) is 9.47 Å². The molecule has 0 aromatic heterocycles. The maximum Gasteiger partial charge on any atom is 0.311 e. The lowest BCUT2D eigenvalue weighted by molar-refractivity contribution is -0.152. The maximum atomic E-state index is 12.1. The van der Waals surface area contributed by atoms with Gasteiger partial charge in [-0.05, 0) is 77.7 Å². The summed E-state index contributed by atoms with van der Waals surface area (Å²) in [6, 6.07) is 3.81. The van der Waals surface area contributed by atoms with Gasteiger partial charge in [-0.2, -0.15) is 0 Å². The van der Waals surface area contributed by atoms with Crippen molar-refractivity contribution in [1.29, 1.82) is 0 Å². The molecular weight excluding hydrogens is 328 g/mol. The Morgan fingerprint density at radius 3 is 2.69 bits per heavy atom. The first-order valence-corrected chi connectivity index (χ1v) is 9.36. The lowest BCUT2D eigenvalue weighted by Crippen LogP contribution is -2.45. The van der Waals surface area contributed by atoms with Crippen molar-refractivity contribution in [3.63, 3.8) is 0 Å². The quantitative estimate of drug-likeness (QED) is 0.605. The van der Waals surface area contributed by atoms with Gasteiger partial charge >= 0.3 is 5.97 Å². The molecule has 0 spiro atoms. The monoisotopic (exact) mass is 358 g/mol. The van der Waals surface area contributed by atoms with Crippen molar-refractivity contribution < 1.29 is 19.4 Å². The van der Waals surface area contributed by atoms with Crippen LogP contribution in [-0.4, -0.2) is 23.3 Å². The zero-order valence-corrected chi connectivity index (χ0v) is 16.7. The van der Waals surface area contributed by atoms with E-state index in [1.165, 1.54) is 0 Å². The highest BCUT2D eigenvalue weighted by molar-refractivity contribution is 5.75. The number of rotatable bonds is 2. The standard InChI is InChI=1S/C22H30O4/c1-13-9-17(23)19-15-11-14(12-25-20(24)21(2,3)4)7-8-16(15)22(5,6)26-18(19)10-13/h7,9-10,15-16,23H,8,11-12H2,1-6H3/t15-,16-/m0/s1. The first-order valence-electron chi connectivity index (χ1n) is 9.36. The molecule has 0 amide bonds. The molecule has 26 heavy (non-hydrogen) atoms. The Hall–Kier alpha value is -1.97. The van der Waals surface area contributed by atoms with E-state index >= 15 is 0 Å². The molecule has 0 fully saturated rings. The number of esters is 1. The number of hydrogen-bond acceptors (Lipinski definition) is 4. The van der Waals surface area contributed by atoms with Gasteiger partial charge in [0, 0.05) is 17.4 Å². The fraction of sp³-hybridized carbons (Fsp3) is 0.591. The number of allylic oxidation sites excluding steroid dienone is 1. The van der Waals surface area contributed by atoms with Crippen LogP contribution in [0.5, 0.6) is 11.5 Å². The molecule has 2 atom stereocenters. The lowest BCUT2D eigenvalue weighted by Gasteiger charge is -2.47. The minimum atomic E-state index is -0.499. The van der Waals surface area contributed by atoms with E-state index in [9.17, 15) is 9.90 Å². The van der Waals surface area contributed by atoms with E-state index in [0.717, 1.165) is 35.3 Å². The van der Waals surface area contributed by atoms with Gasteiger partial charge in [0.15, 0.2) is 0 Å². The second kappa shape index (κ2) is 6.33. The minimum absolute atomic E-state index is 0.169. The van der Waals surface area contributed by atoms with Gasteiger partial charge in [0.05, 0.1) is 5.41 Å². The summed E-state index contributed by atoms with van der Waals surface area (Å²) in [7, 11) is 0. The summed E-state index contributed by atoms with van der Waals surface area (Å²) in [5.41, 5.74) is 2.20. The number of aryl methyl sites for hydroxylation is 1. The van der Waals surface area contributed by atoms with Crippen molar-refractivity contribution in [3.05, 3.63) is 34.9 Å². The Kier molecular flexibility index (Phi) is 4.58. The number of fused-ring (bicyclic) bond motifs is 3. The molecule has 0 unspecified atom stereocenters. The van der Waals surface area contributed by atoms with Gasteiger partial charge < -0.3 is 14.6 Å². The molecule has 0 radical (unpaired) electrons. The number of ether oxygens (including phenoxy) is 2. The molecule has 1 aliphatic heterocycles. The topological polar surface area (TPSA) is 55.8 Å². The molecule has 1 N–H and O–H groups in total. The van der Waals surface area contributed by atoms with Gasteiger partial charge in [-0.3, -0.25) is 4.79 Å². The summed E-state index contributed by atoms with van der Waals surface area (Å²) in [5.74, 6) is 1.35. The van der Waals surface area contributed by atoms with Crippen LogP contribution in [0.4, 0.5) is 0 Å². The Morgan fingerprint density at radius 1 is 1.35 bits per heavy atom. The van der Waals surface area contributed by atoms with E-state index in [-0.39, 0.29) is 23.4 Å². The van der Waals surface area contributed by atoms with E-state index < -0.39 is 5.41 Å². The van der Waals surface area contributed by atoms with Crippen LogP contribution < -0.4 is 4.74 Å². The highest BCUT2D eigenvalue weighted by atomic mass is 16.5. The molecule has 1 aromatic carbocycles. The zero-order valence-electron chi connectivity index (χ0n) is 16.7. The molecule has 1 aliphatic carbocycles. The number of phenolic OH excluding ortho intramolecular Hbond substituents is 1. The third-order valence-electron chi connectivity index (χ3n) is 5.53. The van der Waals surface area contributed by atoms with Crippen LogP contribution in [0.25, 0.3) is 0 Å². The summed E-state index contributed by atoms with van der Waals surface area (Å²) in [6.07, 6.45) is 3.81. The average Bonchev–Trinajstić information content (AvgIpc) is 2.49. The molecule has 4 heteroatoms. The van der Waals surface area contributed by atoms with Crippen molar-refractivity contribution >= 4 is 5.97 Å². The van der Waals surface area contributed by atoms with Crippen molar-refractivity contribution in [3.8, 4) is 11.5 Å². The zero-order chi connectivity index (χ0) is 19.3. The smallest absolute Gasteiger partial charge is 0.311 e. The fourth-order valence-electron chi connectivity index (χ4n) is 4.09.